The van der Waals surface area contributed by atoms with E-state index in [1.165, 1.54) is 88.0 Å². The molecular weight excluding hydrogens is 468 g/mol. The van der Waals surface area contributed by atoms with Gasteiger partial charge in [0, 0.05) is 5.41 Å². The predicted molar refractivity (Wildman–Crippen MR) is 166 cm³/mol. The first-order valence-corrected chi connectivity index (χ1v) is 13.9. The zero-order valence-electron chi connectivity index (χ0n) is 22.0. The van der Waals surface area contributed by atoms with Crippen molar-refractivity contribution in [2.75, 3.05) is 0 Å². The zero-order chi connectivity index (χ0) is 25.9. The molecule has 0 N–H and O–H groups in total. The van der Waals surface area contributed by atoms with Crippen molar-refractivity contribution in [3.8, 4) is 44.5 Å². The Morgan fingerprint density at radius 1 is 0.385 bits per heavy atom. The fourth-order valence-corrected chi connectivity index (χ4v) is 7.48. The molecule has 0 amide bonds. The van der Waals surface area contributed by atoms with E-state index in [9.17, 15) is 0 Å². The highest BCUT2D eigenvalue weighted by atomic mass is 14.4. The molecule has 0 nitrogen and oxygen atoms in total. The smallest absolute Gasteiger partial charge is 0.0159 e. The number of hydrogen-bond acceptors (Lipinski definition) is 0. The van der Waals surface area contributed by atoms with Crippen LogP contribution < -0.4 is 0 Å². The van der Waals surface area contributed by atoms with Gasteiger partial charge in [-0.25, -0.2) is 0 Å². The monoisotopic (exact) mass is 494 g/mol. The van der Waals surface area contributed by atoms with Crippen LogP contribution in [0.15, 0.2) is 121 Å². The molecule has 182 valence electrons. The second-order valence-corrected chi connectivity index (χ2v) is 11.7. The molecule has 0 spiro atoms. The number of benzene rings is 7. The molecule has 39 heavy (non-hydrogen) atoms. The van der Waals surface area contributed by atoms with Crippen molar-refractivity contribution in [1.82, 2.24) is 0 Å². The lowest BCUT2D eigenvalue weighted by Crippen LogP contribution is -2.14. The lowest BCUT2D eigenvalue weighted by Gasteiger charge is -2.22. The standard InChI is InChI=1S/C39H26/c1-39(2)36-13-6-5-10-29(36)35-21-25-17-15-23-14-16-24(20-33(23)34(25)22-37(35)39)26-18-19-32-28-9-4-3-8-27(28)31-12-7-11-30(26)38(31)32/h3-22H,1-2H3. The van der Waals surface area contributed by atoms with Gasteiger partial charge in [-0.3, -0.25) is 0 Å². The molecule has 0 heteroatoms. The van der Waals surface area contributed by atoms with Gasteiger partial charge in [-0.2, -0.15) is 0 Å². The summed E-state index contributed by atoms with van der Waals surface area (Å²) in [6, 6.07) is 45.6. The van der Waals surface area contributed by atoms with Gasteiger partial charge in [-0.1, -0.05) is 117 Å². The summed E-state index contributed by atoms with van der Waals surface area (Å²) in [4.78, 5) is 0. The highest BCUT2D eigenvalue weighted by Crippen LogP contribution is 2.51. The molecule has 0 radical (unpaired) electrons. The van der Waals surface area contributed by atoms with Crippen LogP contribution in [0.25, 0.3) is 76.8 Å². The van der Waals surface area contributed by atoms with Gasteiger partial charge in [0.05, 0.1) is 0 Å². The van der Waals surface area contributed by atoms with Gasteiger partial charge in [0.1, 0.15) is 0 Å². The van der Waals surface area contributed by atoms with E-state index in [0.717, 1.165) is 0 Å². The van der Waals surface area contributed by atoms with E-state index in [2.05, 4.69) is 135 Å². The van der Waals surface area contributed by atoms with Crippen LogP contribution in [0, 0.1) is 0 Å². The van der Waals surface area contributed by atoms with E-state index in [4.69, 9.17) is 0 Å². The van der Waals surface area contributed by atoms with Gasteiger partial charge in [-0.05, 0) is 106 Å². The molecule has 0 saturated heterocycles. The van der Waals surface area contributed by atoms with E-state index in [-0.39, 0.29) is 5.41 Å². The van der Waals surface area contributed by atoms with Gasteiger partial charge in [0.2, 0.25) is 0 Å². The summed E-state index contributed by atoms with van der Waals surface area (Å²) in [5, 5.41) is 7.97. The largest absolute Gasteiger partial charge is 0.0619 e. The van der Waals surface area contributed by atoms with Crippen molar-refractivity contribution >= 4 is 32.3 Å². The summed E-state index contributed by atoms with van der Waals surface area (Å²) >= 11 is 0. The summed E-state index contributed by atoms with van der Waals surface area (Å²) in [5.74, 6) is 0. The molecule has 0 heterocycles. The Labute approximate surface area is 228 Å². The molecule has 0 atom stereocenters. The summed E-state index contributed by atoms with van der Waals surface area (Å²) in [5.41, 5.74) is 13.6. The molecule has 9 rings (SSSR count). The van der Waals surface area contributed by atoms with Gasteiger partial charge >= 0.3 is 0 Å². The average molecular weight is 495 g/mol. The molecule has 0 aromatic heterocycles. The number of rotatable bonds is 1. The Morgan fingerprint density at radius 2 is 1.03 bits per heavy atom. The van der Waals surface area contributed by atoms with Crippen LogP contribution in [0.2, 0.25) is 0 Å². The Balaban J connectivity index is 1.30. The Morgan fingerprint density at radius 3 is 1.87 bits per heavy atom. The topological polar surface area (TPSA) is 0 Å². The molecular formula is C39H26. The summed E-state index contributed by atoms with van der Waals surface area (Å²) < 4.78 is 0. The summed E-state index contributed by atoms with van der Waals surface area (Å²) in [7, 11) is 0. The minimum Gasteiger partial charge on any atom is -0.0619 e. The first kappa shape index (κ1) is 21.3. The quantitative estimate of drug-likeness (QED) is 0.199. The number of fused-ring (bicyclic) bond motifs is 9. The normalized spacial score (nSPS) is 14.1. The maximum Gasteiger partial charge on any atom is 0.0159 e. The minimum absolute atomic E-state index is 0.00736. The highest BCUT2D eigenvalue weighted by molar-refractivity contribution is 6.19. The molecule has 2 aliphatic carbocycles. The van der Waals surface area contributed by atoms with Crippen LogP contribution in [-0.4, -0.2) is 0 Å². The third-order valence-corrected chi connectivity index (χ3v) is 9.40. The van der Waals surface area contributed by atoms with Crippen LogP contribution in [-0.2, 0) is 5.41 Å². The number of hydrogen-bond donors (Lipinski definition) is 0. The summed E-state index contributed by atoms with van der Waals surface area (Å²) in [6.07, 6.45) is 0. The highest BCUT2D eigenvalue weighted by Gasteiger charge is 2.35. The Kier molecular flexibility index (Phi) is 3.95. The van der Waals surface area contributed by atoms with Crippen molar-refractivity contribution in [2.45, 2.75) is 19.3 Å². The molecule has 0 aliphatic heterocycles. The molecule has 0 bridgehead atoms. The maximum absolute atomic E-state index is 2.47. The van der Waals surface area contributed by atoms with E-state index in [1.54, 1.807) is 0 Å². The third kappa shape index (κ3) is 2.69. The molecule has 0 fully saturated rings. The van der Waals surface area contributed by atoms with Crippen LogP contribution in [0.1, 0.15) is 25.0 Å². The molecule has 7 aromatic rings. The second kappa shape index (κ2) is 7.24. The Bertz CT molecular complexity index is 2160. The van der Waals surface area contributed by atoms with Gasteiger partial charge in [-0.15, -0.1) is 0 Å². The van der Waals surface area contributed by atoms with Gasteiger partial charge < -0.3 is 0 Å². The van der Waals surface area contributed by atoms with Crippen molar-refractivity contribution in [2.24, 2.45) is 0 Å². The van der Waals surface area contributed by atoms with Crippen molar-refractivity contribution in [3.63, 3.8) is 0 Å². The molecule has 0 unspecified atom stereocenters. The van der Waals surface area contributed by atoms with Crippen LogP contribution in [0.5, 0.6) is 0 Å². The molecule has 0 saturated carbocycles. The molecule has 2 aliphatic rings. The average Bonchev–Trinajstić information content (AvgIpc) is 3.42. The first-order valence-electron chi connectivity index (χ1n) is 13.9. The maximum atomic E-state index is 2.47. The third-order valence-electron chi connectivity index (χ3n) is 9.40. The van der Waals surface area contributed by atoms with E-state index in [1.807, 2.05) is 0 Å². The van der Waals surface area contributed by atoms with Crippen molar-refractivity contribution in [1.29, 1.82) is 0 Å². The molecule has 7 aromatic carbocycles. The Hall–Kier alpha value is -4.68. The van der Waals surface area contributed by atoms with Crippen LogP contribution in [0.3, 0.4) is 0 Å². The predicted octanol–water partition coefficient (Wildman–Crippen LogP) is 10.8. The van der Waals surface area contributed by atoms with Gasteiger partial charge in [0.15, 0.2) is 0 Å². The van der Waals surface area contributed by atoms with Crippen LogP contribution >= 0.6 is 0 Å². The first-order chi connectivity index (χ1) is 19.1. The van der Waals surface area contributed by atoms with Gasteiger partial charge in [0.25, 0.3) is 0 Å². The SMILES string of the molecule is CC1(C)c2ccccc2-c2cc3ccc4ccc(-c5ccc6c7c(cccc57)-c5ccccc5-6)cc4c3cc21. The fraction of sp³-hybridized carbons (Fsp3) is 0.0769. The lowest BCUT2D eigenvalue weighted by molar-refractivity contribution is 0.661. The van der Waals surface area contributed by atoms with Crippen molar-refractivity contribution in [3.05, 3.63) is 132 Å². The van der Waals surface area contributed by atoms with Crippen LogP contribution in [0.4, 0.5) is 0 Å². The van der Waals surface area contributed by atoms with E-state index in [0.29, 0.717) is 0 Å². The zero-order valence-corrected chi connectivity index (χ0v) is 22.0. The second-order valence-electron chi connectivity index (χ2n) is 11.7. The lowest BCUT2D eigenvalue weighted by atomic mass is 9.81. The minimum atomic E-state index is -0.00736. The fourth-order valence-electron chi connectivity index (χ4n) is 7.48. The summed E-state index contributed by atoms with van der Waals surface area (Å²) in [6.45, 7) is 4.73. The van der Waals surface area contributed by atoms with Crippen molar-refractivity contribution < 1.29 is 0 Å². The van der Waals surface area contributed by atoms with E-state index >= 15 is 0 Å². The van der Waals surface area contributed by atoms with E-state index < -0.39 is 0 Å².